The summed E-state index contributed by atoms with van der Waals surface area (Å²) in [7, 11) is 0. The van der Waals surface area contributed by atoms with Gasteiger partial charge in [-0.05, 0) is 39.3 Å². The molecule has 1 aliphatic rings. The number of benzene rings is 4. The van der Waals surface area contributed by atoms with E-state index in [1.807, 2.05) is 60.7 Å². The number of fused-ring (bicyclic) bond motifs is 3. The van der Waals surface area contributed by atoms with Gasteiger partial charge in [-0.25, -0.2) is 15.0 Å². The molecule has 0 N–H and O–H groups in total. The van der Waals surface area contributed by atoms with E-state index in [1.54, 1.807) is 0 Å². The van der Waals surface area contributed by atoms with Crippen LogP contribution in [0.3, 0.4) is 0 Å². The molecule has 6 rings (SSSR count). The van der Waals surface area contributed by atoms with E-state index in [-0.39, 0.29) is 10.8 Å². The SMILES string of the molecule is CC(C)(C)c1ccc2c(c1)C(C)(C)c1cc(-c3nc(-c4ccccc4)nc(-c4ccccc4)n3)ccc1-2. The highest BCUT2D eigenvalue weighted by Crippen LogP contribution is 2.50. The highest BCUT2D eigenvalue weighted by Gasteiger charge is 2.36. The monoisotopic (exact) mass is 481 g/mol. The first-order chi connectivity index (χ1) is 17.7. The summed E-state index contributed by atoms with van der Waals surface area (Å²) in [5, 5.41) is 0. The van der Waals surface area contributed by atoms with Gasteiger partial charge in [-0.15, -0.1) is 0 Å². The fraction of sp³-hybridized carbons (Fsp3) is 0.206. The van der Waals surface area contributed by atoms with Crippen molar-refractivity contribution in [1.82, 2.24) is 15.0 Å². The van der Waals surface area contributed by atoms with Crippen molar-refractivity contribution < 1.29 is 0 Å². The van der Waals surface area contributed by atoms with E-state index in [1.165, 1.54) is 27.8 Å². The first kappa shape index (κ1) is 23.3. The van der Waals surface area contributed by atoms with Crippen LogP contribution in [0.4, 0.5) is 0 Å². The van der Waals surface area contributed by atoms with E-state index in [4.69, 9.17) is 15.0 Å². The van der Waals surface area contributed by atoms with Gasteiger partial charge in [0.15, 0.2) is 17.5 Å². The molecule has 3 nitrogen and oxygen atoms in total. The second-order valence-electron chi connectivity index (χ2n) is 11.4. The van der Waals surface area contributed by atoms with Gasteiger partial charge >= 0.3 is 0 Å². The average Bonchev–Trinajstić information content (AvgIpc) is 3.14. The molecule has 37 heavy (non-hydrogen) atoms. The van der Waals surface area contributed by atoms with Crippen LogP contribution in [0.2, 0.25) is 0 Å². The molecule has 1 aromatic heterocycles. The lowest BCUT2D eigenvalue weighted by molar-refractivity contribution is 0.584. The number of hydrogen-bond acceptors (Lipinski definition) is 3. The quantitative estimate of drug-likeness (QED) is 0.259. The third-order valence-corrected chi connectivity index (χ3v) is 7.50. The molecule has 0 aliphatic heterocycles. The summed E-state index contributed by atoms with van der Waals surface area (Å²) in [5.41, 5.74) is 9.65. The van der Waals surface area contributed by atoms with Crippen LogP contribution in [0.5, 0.6) is 0 Å². The number of aromatic nitrogens is 3. The maximum atomic E-state index is 4.95. The smallest absolute Gasteiger partial charge is 0.164 e. The zero-order chi connectivity index (χ0) is 25.8. The van der Waals surface area contributed by atoms with Crippen molar-refractivity contribution in [2.45, 2.75) is 45.4 Å². The molecule has 0 unspecified atom stereocenters. The Labute approximate surface area is 219 Å². The Kier molecular flexibility index (Phi) is 5.34. The van der Waals surface area contributed by atoms with Gasteiger partial charge in [0, 0.05) is 22.1 Å². The molecule has 182 valence electrons. The molecule has 0 bridgehead atoms. The molecule has 0 fully saturated rings. The predicted molar refractivity (Wildman–Crippen MR) is 152 cm³/mol. The molecule has 5 aromatic rings. The second-order valence-corrected chi connectivity index (χ2v) is 11.4. The van der Waals surface area contributed by atoms with Crippen molar-refractivity contribution in [3.8, 4) is 45.3 Å². The van der Waals surface area contributed by atoms with Crippen LogP contribution in [-0.4, -0.2) is 15.0 Å². The van der Waals surface area contributed by atoms with Gasteiger partial charge < -0.3 is 0 Å². The van der Waals surface area contributed by atoms with E-state index in [0.717, 1.165) is 16.7 Å². The van der Waals surface area contributed by atoms with Crippen LogP contribution in [-0.2, 0) is 10.8 Å². The fourth-order valence-corrected chi connectivity index (χ4v) is 5.28. The minimum Gasteiger partial charge on any atom is -0.208 e. The number of rotatable bonds is 3. The number of nitrogens with zero attached hydrogens (tertiary/aromatic N) is 3. The van der Waals surface area contributed by atoms with Gasteiger partial charge in [-0.1, -0.05) is 126 Å². The molecule has 1 aliphatic carbocycles. The van der Waals surface area contributed by atoms with Crippen LogP contribution in [0, 0.1) is 0 Å². The zero-order valence-electron chi connectivity index (χ0n) is 22.1. The maximum absolute atomic E-state index is 4.95. The normalized spacial score (nSPS) is 13.8. The van der Waals surface area contributed by atoms with Gasteiger partial charge in [-0.3, -0.25) is 0 Å². The molecule has 0 saturated heterocycles. The summed E-state index contributed by atoms with van der Waals surface area (Å²) in [6.07, 6.45) is 0. The largest absolute Gasteiger partial charge is 0.208 e. The van der Waals surface area contributed by atoms with Crippen LogP contribution in [0.15, 0.2) is 97.1 Å². The van der Waals surface area contributed by atoms with Gasteiger partial charge in [-0.2, -0.15) is 0 Å². The van der Waals surface area contributed by atoms with E-state index >= 15 is 0 Å². The van der Waals surface area contributed by atoms with Crippen LogP contribution < -0.4 is 0 Å². The Morgan fingerprint density at radius 2 is 0.973 bits per heavy atom. The van der Waals surface area contributed by atoms with Gasteiger partial charge in [0.05, 0.1) is 0 Å². The van der Waals surface area contributed by atoms with Crippen molar-refractivity contribution in [3.63, 3.8) is 0 Å². The van der Waals surface area contributed by atoms with Crippen LogP contribution in [0.25, 0.3) is 45.3 Å². The van der Waals surface area contributed by atoms with E-state index in [0.29, 0.717) is 17.5 Å². The van der Waals surface area contributed by atoms with Gasteiger partial charge in [0.25, 0.3) is 0 Å². The van der Waals surface area contributed by atoms with E-state index < -0.39 is 0 Å². The lowest BCUT2D eigenvalue weighted by Gasteiger charge is -2.25. The average molecular weight is 482 g/mol. The van der Waals surface area contributed by atoms with Crippen molar-refractivity contribution in [2.24, 2.45) is 0 Å². The van der Waals surface area contributed by atoms with Crippen molar-refractivity contribution in [2.75, 3.05) is 0 Å². The minimum atomic E-state index is -0.112. The Bertz CT molecular complexity index is 1550. The summed E-state index contributed by atoms with van der Waals surface area (Å²) < 4.78 is 0. The van der Waals surface area contributed by atoms with Crippen LogP contribution in [0.1, 0.15) is 51.3 Å². The van der Waals surface area contributed by atoms with Crippen LogP contribution >= 0.6 is 0 Å². The molecular formula is C34H31N3. The molecule has 0 spiro atoms. The zero-order valence-corrected chi connectivity index (χ0v) is 22.1. The third kappa shape index (κ3) is 4.05. The lowest BCUT2D eigenvalue weighted by Crippen LogP contribution is -2.17. The highest BCUT2D eigenvalue weighted by atomic mass is 15.0. The Balaban J connectivity index is 1.50. The van der Waals surface area contributed by atoms with Gasteiger partial charge in [0.2, 0.25) is 0 Å². The summed E-state index contributed by atoms with van der Waals surface area (Å²) in [5.74, 6) is 2.06. The van der Waals surface area contributed by atoms with Crippen molar-refractivity contribution in [1.29, 1.82) is 0 Å². The van der Waals surface area contributed by atoms with Gasteiger partial charge in [0.1, 0.15) is 0 Å². The highest BCUT2D eigenvalue weighted by molar-refractivity contribution is 5.83. The fourth-order valence-electron chi connectivity index (χ4n) is 5.28. The second kappa shape index (κ2) is 8.48. The first-order valence-corrected chi connectivity index (χ1v) is 12.9. The summed E-state index contributed by atoms with van der Waals surface area (Å²) in [6.45, 7) is 11.5. The molecule has 1 heterocycles. The number of hydrogen-bond donors (Lipinski definition) is 0. The standard InChI is InChI=1S/C34H31N3/c1-33(2,3)25-17-19-27-26-18-16-24(20-28(26)34(4,5)29(27)21-25)32-36-30(22-12-8-6-9-13-22)35-31(37-32)23-14-10-7-11-15-23/h6-21H,1-5H3. The summed E-state index contributed by atoms with van der Waals surface area (Å²) >= 11 is 0. The summed E-state index contributed by atoms with van der Waals surface area (Å²) in [4.78, 5) is 14.7. The lowest BCUT2D eigenvalue weighted by atomic mass is 9.79. The molecule has 0 amide bonds. The van der Waals surface area contributed by atoms with Crippen molar-refractivity contribution >= 4 is 0 Å². The Hall–Kier alpha value is -4.11. The minimum absolute atomic E-state index is 0.109. The molecule has 4 aromatic carbocycles. The third-order valence-electron chi connectivity index (χ3n) is 7.50. The molecule has 3 heteroatoms. The Morgan fingerprint density at radius 3 is 1.49 bits per heavy atom. The Morgan fingerprint density at radius 1 is 0.514 bits per heavy atom. The van der Waals surface area contributed by atoms with Crippen molar-refractivity contribution in [3.05, 3.63) is 114 Å². The van der Waals surface area contributed by atoms with E-state index in [2.05, 4.69) is 71.0 Å². The maximum Gasteiger partial charge on any atom is 0.164 e. The molecule has 0 saturated carbocycles. The summed E-state index contributed by atoms with van der Waals surface area (Å²) in [6, 6.07) is 33.9. The molecule has 0 radical (unpaired) electrons. The predicted octanol–water partition coefficient (Wildman–Crippen LogP) is 8.48. The topological polar surface area (TPSA) is 38.7 Å². The molecule has 0 atom stereocenters. The van der Waals surface area contributed by atoms with E-state index in [9.17, 15) is 0 Å². The first-order valence-electron chi connectivity index (χ1n) is 12.9. The molecular weight excluding hydrogens is 450 g/mol.